The molecule has 0 aliphatic heterocycles. The molecule has 2 heterocycles. The molecule has 0 radical (unpaired) electrons. The van der Waals surface area contributed by atoms with E-state index < -0.39 is 23.4 Å². The second-order valence-electron chi connectivity index (χ2n) is 9.06. The van der Waals surface area contributed by atoms with Crippen LogP contribution >= 0.6 is 0 Å². The molecule has 0 bridgehead atoms. The normalized spacial score (nSPS) is 12.9. The minimum atomic E-state index is -0.898. The molecule has 10 nitrogen and oxygen atoms in total. The van der Waals surface area contributed by atoms with Gasteiger partial charge in [-0.2, -0.15) is 10.00 Å². The van der Waals surface area contributed by atoms with Crippen LogP contribution in [0, 0.1) is 0 Å². The van der Waals surface area contributed by atoms with Gasteiger partial charge in [0.15, 0.2) is 5.82 Å². The largest absolute Gasteiger partial charge is 0.443 e. The monoisotopic (exact) mass is 433 g/mol. The number of carbonyl (C=O) groups is 2. The highest BCUT2D eigenvalue weighted by Gasteiger charge is 2.36. The lowest BCUT2D eigenvalue weighted by molar-refractivity contribution is 0.0427. The zero-order valence-electron chi connectivity index (χ0n) is 19.3. The lowest BCUT2D eigenvalue weighted by atomic mass is 10.0. The Hall–Kier alpha value is -3.01. The van der Waals surface area contributed by atoms with Crippen molar-refractivity contribution in [2.75, 3.05) is 12.0 Å². The number of hydrogen-bond acceptors (Lipinski definition) is 8. The van der Waals surface area contributed by atoms with Gasteiger partial charge in [-0.05, 0) is 48.5 Å². The zero-order chi connectivity index (χ0) is 23.4. The van der Waals surface area contributed by atoms with Crippen LogP contribution in [-0.2, 0) is 20.6 Å². The molecule has 1 N–H and O–H groups in total. The number of methoxy groups -OCH3 is 1. The summed E-state index contributed by atoms with van der Waals surface area (Å²) in [7, 11) is 1.57. The van der Waals surface area contributed by atoms with E-state index in [1.165, 1.54) is 6.33 Å². The minimum Gasteiger partial charge on any atom is -0.443 e. The Kier molecular flexibility index (Phi) is 7.37. The Labute approximate surface area is 182 Å². The van der Waals surface area contributed by atoms with Crippen molar-refractivity contribution in [3.63, 3.8) is 0 Å². The van der Waals surface area contributed by atoms with Crippen LogP contribution in [-0.4, -0.2) is 56.8 Å². The highest BCUT2D eigenvalue weighted by molar-refractivity contribution is 6.09. The zero-order valence-corrected chi connectivity index (χ0v) is 19.3. The summed E-state index contributed by atoms with van der Waals surface area (Å²) in [4.78, 5) is 35.6. The fourth-order valence-corrected chi connectivity index (χ4v) is 2.65. The van der Waals surface area contributed by atoms with Gasteiger partial charge in [0.1, 0.15) is 17.5 Å². The molecule has 2 amide bonds. The van der Waals surface area contributed by atoms with E-state index in [0.717, 1.165) is 4.90 Å². The maximum Gasteiger partial charge on any atom is 0.425 e. The molecule has 2 aromatic heterocycles. The van der Waals surface area contributed by atoms with Crippen LogP contribution in [0.15, 0.2) is 18.7 Å². The number of aromatic amines is 1. The highest BCUT2D eigenvalue weighted by atomic mass is 16.6. The van der Waals surface area contributed by atoms with E-state index in [2.05, 4.69) is 20.2 Å². The van der Waals surface area contributed by atoms with Crippen molar-refractivity contribution in [3.8, 4) is 11.3 Å². The smallest absolute Gasteiger partial charge is 0.425 e. The molecular weight excluding hydrogens is 402 g/mol. The molecule has 2 rings (SSSR count). The lowest BCUT2D eigenvalue weighted by Gasteiger charge is -2.29. The molecular formula is C21H31N5O5. The number of nitrogens with zero attached hydrogens (tertiary/aromatic N) is 4. The molecule has 0 aliphatic rings. The fourth-order valence-electron chi connectivity index (χ4n) is 2.65. The topological polar surface area (TPSA) is 120 Å². The predicted molar refractivity (Wildman–Crippen MR) is 115 cm³/mol. The molecule has 0 spiro atoms. The second kappa shape index (κ2) is 9.42. The number of imide groups is 1. The van der Waals surface area contributed by atoms with Crippen molar-refractivity contribution < 1.29 is 23.8 Å². The van der Waals surface area contributed by atoms with Gasteiger partial charge >= 0.3 is 12.2 Å². The van der Waals surface area contributed by atoms with E-state index in [1.54, 1.807) is 61.0 Å². The summed E-state index contributed by atoms with van der Waals surface area (Å²) < 4.78 is 16.4. The Bertz CT molecular complexity index is 872. The van der Waals surface area contributed by atoms with Crippen molar-refractivity contribution in [3.05, 3.63) is 24.3 Å². The Morgan fingerprint density at radius 1 is 1.06 bits per heavy atom. The molecule has 1 unspecified atom stereocenters. The number of ether oxygens (including phenoxy) is 3. The van der Waals surface area contributed by atoms with Gasteiger partial charge in [-0.25, -0.2) is 19.6 Å². The Balaban J connectivity index is 2.66. The predicted octanol–water partition coefficient (Wildman–Crippen LogP) is 4.12. The summed E-state index contributed by atoms with van der Waals surface area (Å²) in [5, 5.41) is 6.71. The first kappa shape index (κ1) is 24.3. The van der Waals surface area contributed by atoms with Crippen LogP contribution < -0.4 is 4.90 Å². The minimum absolute atomic E-state index is 0.0681. The van der Waals surface area contributed by atoms with Gasteiger partial charge in [0.25, 0.3) is 0 Å². The molecule has 0 saturated heterocycles. The summed E-state index contributed by atoms with van der Waals surface area (Å²) >= 11 is 0. The average Bonchev–Trinajstić information content (AvgIpc) is 3.14. The van der Waals surface area contributed by atoms with E-state index in [4.69, 9.17) is 14.2 Å². The number of nitrogens with one attached hydrogen (secondary N) is 1. The van der Waals surface area contributed by atoms with Crippen LogP contribution in [0.2, 0.25) is 0 Å². The molecule has 1 atom stereocenters. The van der Waals surface area contributed by atoms with Crippen molar-refractivity contribution in [1.29, 1.82) is 0 Å². The van der Waals surface area contributed by atoms with Crippen molar-refractivity contribution in [2.45, 2.75) is 72.2 Å². The van der Waals surface area contributed by atoms with Crippen molar-refractivity contribution in [1.82, 2.24) is 20.2 Å². The maximum atomic E-state index is 13.1. The molecule has 0 aliphatic carbocycles. The number of H-pyrrole nitrogens is 1. The highest BCUT2D eigenvalue weighted by Crippen LogP contribution is 2.31. The summed E-state index contributed by atoms with van der Waals surface area (Å²) in [5.41, 5.74) is 0.0418. The number of carbonyl (C=O) groups excluding carboxylic acids is 2. The summed E-state index contributed by atoms with van der Waals surface area (Å²) in [6, 6.07) is 0. The third-order valence-electron chi connectivity index (χ3n) is 3.95. The molecule has 0 aromatic carbocycles. The Morgan fingerprint density at radius 3 is 2.10 bits per heavy atom. The first-order valence-corrected chi connectivity index (χ1v) is 9.94. The van der Waals surface area contributed by atoms with Gasteiger partial charge < -0.3 is 14.2 Å². The number of anilines is 1. The van der Waals surface area contributed by atoms with Crippen LogP contribution in [0.3, 0.4) is 0 Å². The van der Waals surface area contributed by atoms with Crippen LogP contribution in [0.1, 0.15) is 54.0 Å². The maximum absolute atomic E-state index is 13.1. The SMILES string of the molecule is COC(C)Cc1c(-c2cn[nH]c2)ncnc1N(C(=O)OC(C)(C)C)C(=O)OC(C)(C)C. The van der Waals surface area contributed by atoms with Gasteiger partial charge in [-0.15, -0.1) is 0 Å². The fraction of sp³-hybridized carbons (Fsp3) is 0.571. The lowest BCUT2D eigenvalue weighted by Crippen LogP contribution is -2.44. The molecule has 0 saturated carbocycles. The Morgan fingerprint density at radius 2 is 1.65 bits per heavy atom. The van der Waals surface area contributed by atoms with E-state index in [9.17, 15) is 9.59 Å². The molecule has 31 heavy (non-hydrogen) atoms. The van der Waals surface area contributed by atoms with Crippen LogP contribution in [0.25, 0.3) is 11.3 Å². The van der Waals surface area contributed by atoms with E-state index in [-0.39, 0.29) is 11.9 Å². The van der Waals surface area contributed by atoms with Gasteiger partial charge in [-0.1, -0.05) is 0 Å². The number of aromatic nitrogens is 4. The summed E-state index contributed by atoms with van der Waals surface area (Å²) in [6.45, 7) is 12.1. The molecule has 0 fully saturated rings. The average molecular weight is 434 g/mol. The summed E-state index contributed by atoms with van der Waals surface area (Å²) in [5.74, 6) is 0.0681. The van der Waals surface area contributed by atoms with Crippen molar-refractivity contribution >= 4 is 18.0 Å². The van der Waals surface area contributed by atoms with Gasteiger partial charge in [0, 0.05) is 30.9 Å². The van der Waals surface area contributed by atoms with Gasteiger partial charge in [0.05, 0.1) is 18.0 Å². The third kappa shape index (κ3) is 6.74. The summed E-state index contributed by atoms with van der Waals surface area (Å²) in [6.07, 6.45) is 2.83. The first-order chi connectivity index (χ1) is 14.3. The van der Waals surface area contributed by atoms with Gasteiger partial charge in [-0.3, -0.25) is 5.10 Å². The molecule has 170 valence electrons. The number of amides is 2. The standard InChI is InChI=1S/C21H31N5O5/c1-13(29-8)9-15-16(14-10-24-25-11-14)22-12-23-17(15)26(18(27)30-20(2,3)4)19(28)31-21(5,6)7/h10-13H,9H2,1-8H3,(H,24,25). The third-order valence-corrected chi connectivity index (χ3v) is 3.95. The molecule has 2 aromatic rings. The first-order valence-electron chi connectivity index (χ1n) is 9.94. The quantitative estimate of drug-likeness (QED) is 0.748. The van der Waals surface area contributed by atoms with Gasteiger partial charge in [0.2, 0.25) is 0 Å². The number of hydrogen-bond donors (Lipinski definition) is 1. The van der Waals surface area contributed by atoms with E-state index >= 15 is 0 Å². The van der Waals surface area contributed by atoms with Crippen LogP contribution in [0.4, 0.5) is 15.4 Å². The van der Waals surface area contributed by atoms with E-state index in [1.807, 2.05) is 6.92 Å². The number of rotatable bonds is 5. The second-order valence-corrected chi connectivity index (χ2v) is 9.06. The van der Waals surface area contributed by atoms with Crippen LogP contribution in [0.5, 0.6) is 0 Å². The molecule has 10 heteroatoms. The van der Waals surface area contributed by atoms with E-state index in [0.29, 0.717) is 23.2 Å². The van der Waals surface area contributed by atoms with Crippen molar-refractivity contribution in [2.24, 2.45) is 0 Å².